The minimum absolute atomic E-state index is 0.131. The zero-order chi connectivity index (χ0) is 18.0. The Kier molecular flexibility index (Phi) is 4.69. The van der Waals surface area contributed by atoms with E-state index in [4.69, 9.17) is 4.42 Å². The van der Waals surface area contributed by atoms with Crippen LogP contribution in [-0.2, 0) is 19.2 Å². The van der Waals surface area contributed by atoms with Crippen LogP contribution in [0.5, 0.6) is 0 Å². The van der Waals surface area contributed by atoms with E-state index in [1.54, 1.807) is 37.1 Å². The maximum Gasteiger partial charge on any atom is 0.140 e. The molecule has 1 atom stereocenters. The van der Waals surface area contributed by atoms with Gasteiger partial charge in [-0.25, -0.2) is 8.78 Å². The van der Waals surface area contributed by atoms with Gasteiger partial charge in [-0.2, -0.15) is 5.10 Å². The Morgan fingerprint density at radius 3 is 2.60 bits per heavy atom. The average Bonchev–Trinajstić information content (AvgIpc) is 3.17. The molecule has 2 aromatic heterocycles. The number of hydrogen-bond donors (Lipinski definition) is 2. The van der Waals surface area contributed by atoms with Gasteiger partial charge >= 0.3 is 0 Å². The molecule has 2 heterocycles. The number of halogens is 2. The van der Waals surface area contributed by atoms with Gasteiger partial charge in [0.05, 0.1) is 18.3 Å². The number of nitrogens with zero attached hydrogens (tertiary/aromatic N) is 2. The number of aliphatic hydroxyl groups is 1. The van der Waals surface area contributed by atoms with Crippen LogP contribution in [0.1, 0.15) is 18.2 Å². The Balaban J connectivity index is 1.64. The first kappa shape index (κ1) is 17.3. The molecule has 0 fully saturated rings. The van der Waals surface area contributed by atoms with Gasteiger partial charge in [0.15, 0.2) is 0 Å². The van der Waals surface area contributed by atoms with Crippen molar-refractivity contribution < 1.29 is 18.3 Å². The molecule has 0 spiro atoms. The van der Waals surface area contributed by atoms with Crippen LogP contribution in [0.2, 0.25) is 0 Å². The zero-order valence-corrected chi connectivity index (χ0v) is 14.0. The first-order valence-corrected chi connectivity index (χ1v) is 7.82. The first-order valence-electron chi connectivity index (χ1n) is 7.82. The Morgan fingerprint density at radius 1 is 1.24 bits per heavy atom. The fourth-order valence-electron chi connectivity index (χ4n) is 2.57. The summed E-state index contributed by atoms with van der Waals surface area (Å²) in [5, 5.41) is 17.6. The lowest BCUT2D eigenvalue weighted by Gasteiger charge is -2.22. The molecule has 5 nitrogen and oxygen atoms in total. The molecule has 7 heteroatoms. The van der Waals surface area contributed by atoms with Crippen molar-refractivity contribution in [3.63, 3.8) is 0 Å². The first-order chi connectivity index (χ1) is 11.9. The smallest absolute Gasteiger partial charge is 0.140 e. The Hall–Kier alpha value is -2.51. The van der Waals surface area contributed by atoms with Gasteiger partial charge in [0.1, 0.15) is 28.8 Å². The van der Waals surface area contributed by atoms with Crippen molar-refractivity contribution in [2.75, 3.05) is 6.54 Å². The third-order valence-electron chi connectivity index (χ3n) is 3.97. The summed E-state index contributed by atoms with van der Waals surface area (Å²) >= 11 is 0. The van der Waals surface area contributed by atoms with Gasteiger partial charge in [-0.05, 0) is 31.2 Å². The Labute approximate surface area is 143 Å². The molecule has 2 N–H and O–H groups in total. The lowest BCUT2D eigenvalue weighted by molar-refractivity contribution is 0.0561. The van der Waals surface area contributed by atoms with Crippen molar-refractivity contribution in [2.24, 2.45) is 7.05 Å². The average molecular weight is 347 g/mol. The van der Waals surface area contributed by atoms with Crippen LogP contribution in [0.4, 0.5) is 8.78 Å². The molecule has 0 aliphatic heterocycles. The van der Waals surface area contributed by atoms with E-state index in [9.17, 15) is 13.9 Å². The number of aryl methyl sites for hydroxylation is 1. The second-order valence-corrected chi connectivity index (χ2v) is 6.14. The van der Waals surface area contributed by atoms with Crippen LogP contribution in [0.15, 0.2) is 47.1 Å². The van der Waals surface area contributed by atoms with Gasteiger partial charge < -0.3 is 14.8 Å². The van der Waals surface area contributed by atoms with E-state index in [2.05, 4.69) is 10.4 Å². The summed E-state index contributed by atoms with van der Waals surface area (Å²) in [6, 6.07) is 6.85. The van der Waals surface area contributed by atoms with E-state index in [1.807, 2.05) is 0 Å². The highest BCUT2D eigenvalue weighted by molar-refractivity contribution is 5.59. The fourth-order valence-corrected chi connectivity index (χ4v) is 2.57. The van der Waals surface area contributed by atoms with E-state index in [1.165, 1.54) is 24.3 Å². The highest BCUT2D eigenvalue weighted by Gasteiger charge is 2.24. The van der Waals surface area contributed by atoms with E-state index >= 15 is 0 Å². The second-order valence-electron chi connectivity index (χ2n) is 6.14. The van der Waals surface area contributed by atoms with E-state index < -0.39 is 17.2 Å². The molecule has 0 saturated heterocycles. The normalized spacial score (nSPS) is 13.8. The zero-order valence-electron chi connectivity index (χ0n) is 14.0. The molecule has 25 heavy (non-hydrogen) atoms. The highest BCUT2D eigenvalue weighted by Crippen LogP contribution is 2.27. The monoisotopic (exact) mass is 347 g/mol. The minimum atomic E-state index is -1.10. The fraction of sp³-hybridized carbons (Fsp3) is 0.278. The number of benzene rings is 1. The highest BCUT2D eigenvalue weighted by atomic mass is 19.1. The number of rotatable bonds is 6. The van der Waals surface area contributed by atoms with Gasteiger partial charge in [0.25, 0.3) is 0 Å². The number of nitrogens with one attached hydrogen (secondary N) is 1. The van der Waals surface area contributed by atoms with Gasteiger partial charge in [-0.3, -0.25) is 4.68 Å². The van der Waals surface area contributed by atoms with E-state index in [0.29, 0.717) is 17.9 Å². The molecule has 1 unspecified atom stereocenters. The maximum atomic E-state index is 13.8. The third kappa shape index (κ3) is 3.78. The van der Waals surface area contributed by atoms with Crippen LogP contribution >= 0.6 is 0 Å². The molecule has 0 bridgehead atoms. The number of furan rings is 1. The van der Waals surface area contributed by atoms with Gasteiger partial charge in [0.2, 0.25) is 0 Å². The van der Waals surface area contributed by atoms with Crippen molar-refractivity contribution in [3.05, 3.63) is 65.7 Å². The van der Waals surface area contributed by atoms with Crippen LogP contribution in [0.25, 0.3) is 11.3 Å². The molecule has 3 aromatic rings. The lowest BCUT2D eigenvalue weighted by atomic mass is 10.00. The standard InChI is InChI=1S/C18H19F2N3O2/c1-18(24,12-8-22-23(2)10-12)11-21-9-13-6-7-16(25-13)17-14(19)4-3-5-15(17)20/h3-8,10,21,24H,9,11H2,1-2H3. The minimum Gasteiger partial charge on any atom is -0.460 e. The van der Waals surface area contributed by atoms with Crippen LogP contribution in [0, 0.1) is 11.6 Å². The van der Waals surface area contributed by atoms with Gasteiger partial charge in [-0.15, -0.1) is 0 Å². The molecular weight excluding hydrogens is 328 g/mol. The van der Waals surface area contributed by atoms with Crippen molar-refractivity contribution in [2.45, 2.75) is 19.1 Å². The molecule has 0 amide bonds. The van der Waals surface area contributed by atoms with Crippen molar-refractivity contribution in [1.82, 2.24) is 15.1 Å². The van der Waals surface area contributed by atoms with Crippen molar-refractivity contribution in [1.29, 1.82) is 0 Å². The van der Waals surface area contributed by atoms with Crippen molar-refractivity contribution >= 4 is 0 Å². The SMILES string of the molecule is Cn1cc(C(C)(O)CNCc2ccc(-c3c(F)cccc3F)o2)cn1. The predicted octanol–water partition coefficient (Wildman–Crippen LogP) is 2.96. The summed E-state index contributed by atoms with van der Waals surface area (Å²) in [4.78, 5) is 0. The number of aromatic nitrogens is 2. The third-order valence-corrected chi connectivity index (χ3v) is 3.97. The molecule has 3 rings (SSSR count). The predicted molar refractivity (Wildman–Crippen MR) is 88.5 cm³/mol. The topological polar surface area (TPSA) is 63.2 Å². The van der Waals surface area contributed by atoms with Crippen LogP contribution in [-0.4, -0.2) is 21.4 Å². The maximum absolute atomic E-state index is 13.8. The summed E-state index contributed by atoms with van der Waals surface area (Å²) in [5.74, 6) is -0.701. The summed E-state index contributed by atoms with van der Waals surface area (Å²) in [7, 11) is 1.78. The van der Waals surface area contributed by atoms with Crippen LogP contribution in [0.3, 0.4) is 0 Å². The quantitative estimate of drug-likeness (QED) is 0.720. The summed E-state index contributed by atoms with van der Waals surface area (Å²) in [6.45, 7) is 2.26. The summed E-state index contributed by atoms with van der Waals surface area (Å²) in [5.41, 5.74) is -0.589. The van der Waals surface area contributed by atoms with Crippen LogP contribution < -0.4 is 5.32 Å². The second kappa shape index (κ2) is 6.78. The Morgan fingerprint density at radius 2 is 1.96 bits per heavy atom. The van der Waals surface area contributed by atoms with E-state index in [0.717, 1.165) is 0 Å². The number of hydrogen-bond acceptors (Lipinski definition) is 4. The molecule has 0 aliphatic rings. The molecule has 132 valence electrons. The molecule has 0 saturated carbocycles. The van der Waals surface area contributed by atoms with Crippen molar-refractivity contribution in [3.8, 4) is 11.3 Å². The largest absolute Gasteiger partial charge is 0.460 e. The summed E-state index contributed by atoms with van der Waals surface area (Å²) in [6.07, 6.45) is 3.35. The molecular formula is C18H19F2N3O2. The van der Waals surface area contributed by atoms with Gasteiger partial charge in [0, 0.05) is 25.4 Å². The molecule has 0 radical (unpaired) electrons. The van der Waals surface area contributed by atoms with E-state index in [-0.39, 0.29) is 17.9 Å². The van der Waals surface area contributed by atoms with Gasteiger partial charge in [-0.1, -0.05) is 6.07 Å². The summed E-state index contributed by atoms with van der Waals surface area (Å²) < 4.78 is 34.7. The molecule has 1 aromatic carbocycles. The molecule has 0 aliphatic carbocycles. The lowest BCUT2D eigenvalue weighted by Crippen LogP contribution is -2.34. The Bertz CT molecular complexity index is 851.